The summed E-state index contributed by atoms with van der Waals surface area (Å²) in [6, 6.07) is 2.75. The summed E-state index contributed by atoms with van der Waals surface area (Å²) in [4.78, 5) is 11.2. The molecule has 136 valence electrons. The quantitative estimate of drug-likeness (QED) is 0.870. The molecule has 1 aromatic rings. The van der Waals surface area contributed by atoms with Crippen LogP contribution in [0.5, 0.6) is 5.75 Å². The van der Waals surface area contributed by atoms with Gasteiger partial charge < -0.3 is 14.8 Å². The molecule has 0 spiro atoms. The van der Waals surface area contributed by atoms with Crippen molar-refractivity contribution in [3.63, 3.8) is 0 Å². The molecule has 2 heterocycles. The van der Waals surface area contributed by atoms with E-state index in [0.29, 0.717) is 12.3 Å². The van der Waals surface area contributed by atoms with Gasteiger partial charge >= 0.3 is 12.2 Å². The van der Waals surface area contributed by atoms with Crippen molar-refractivity contribution >= 4 is 11.7 Å². The van der Waals surface area contributed by atoms with Crippen LogP contribution in [-0.2, 0) is 10.9 Å². The van der Waals surface area contributed by atoms with E-state index < -0.39 is 23.8 Å². The summed E-state index contributed by atoms with van der Waals surface area (Å²) in [6.07, 6.45) is -3.09. The molecular formula is C16H18F3N3O3. The maximum Gasteiger partial charge on any atom is 0.419 e. The van der Waals surface area contributed by atoms with Crippen LogP contribution in [0.15, 0.2) is 23.3 Å². The van der Waals surface area contributed by atoms with Gasteiger partial charge in [-0.15, -0.1) is 0 Å². The molecule has 3 rings (SSSR count). The number of nitrogens with zero attached hydrogens (tertiary/aromatic N) is 1. The van der Waals surface area contributed by atoms with Crippen molar-refractivity contribution < 1.29 is 27.4 Å². The second-order valence-electron chi connectivity index (χ2n) is 5.96. The number of hydrazone groups is 1. The van der Waals surface area contributed by atoms with Crippen molar-refractivity contribution in [2.45, 2.75) is 38.1 Å². The zero-order chi connectivity index (χ0) is 18.0. The number of benzene rings is 1. The molecule has 0 aromatic heterocycles. The SMILES string of the molecule is C[C@@H]1NC(=O)NN=C1c1ccc(OC[C@@H]2CCCO2)c(C(F)(F)F)c1. The maximum atomic E-state index is 13.4. The van der Waals surface area contributed by atoms with Gasteiger partial charge in [-0.25, -0.2) is 10.2 Å². The Morgan fingerprint density at radius 3 is 2.84 bits per heavy atom. The molecule has 2 atom stereocenters. The van der Waals surface area contributed by atoms with Gasteiger partial charge in [-0.2, -0.15) is 18.3 Å². The fourth-order valence-electron chi connectivity index (χ4n) is 2.81. The second-order valence-corrected chi connectivity index (χ2v) is 5.96. The number of ether oxygens (including phenoxy) is 2. The summed E-state index contributed by atoms with van der Waals surface area (Å²) in [6.45, 7) is 2.33. The van der Waals surface area contributed by atoms with Gasteiger partial charge in [-0.1, -0.05) is 0 Å². The van der Waals surface area contributed by atoms with Crippen molar-refractivity contribution in [1.82, 2.24) is 10.7 Å². The zero-order valence-electron chi connectivity index (χ0n) is 13.5. The third kappa shape index (κ3) is 4.04. The van der Waals surface area contributed by atoms with Crippen LogP contribution in [0.4, 0.5) is 18.0 Å². The van der Waals surface area contributed by atoms with E-state index in [0.717, 1.165) is 18.9 Å². The van der Waals surface area contributed by atoms with Gasteiger partial charge in [0.15, 0.2) is 0 Å². The smallest absolute Gasteiger partial charge is 0.419 e. The Balaban J connectivity index is 1.86. The van der Waals surface area contributed by atoms with Gasteiger partial charge in [0.1, 0.15) is 12.4 Å². The summed E-state index contributed by atoms with van der Waals surface area (Å²) < 4.78 is 51.0. The van der Waals surface area contributed by atoms with Gasteiger partial charge in [-0.3, -0.25) is 0 Å². The predicted molar refractivity (Wildman–Crippen MR) is 83.6 cm³/mol. The lowest BCUT2D eigenvalue weighted by Gasteiger charge is -2.23. The topological polar surface area (TPSA) is 72.0 Å². The Bertz CT molecular complexity index is 685. The molecule has 0 unspecified atom stereocenters. The number of hydrogen-bond acceptors (Lipinski definition) is 4. The molecule has 0 aliphatic carbocycles. The molecule has 0 radical (unpaired) electrons. The summed E-state index contributed by atoms with van der Waals surface area (Å²) in [7, 11) is 0. The van der Waals surface area contributed by atoms with E-state index in [1.165, 1.54) is 12.1 Å². The minimum Gasteiger partial charge on any atom is -0.490 e. The normalized spacial score (nSPS) is 23.7. The third-order valence-electron chi connectivity index (χ3n) is 4.07. The largest absolute Gasteiger partial charge is 0.490 e. The van der Waals surface area contributed by atoms with Crippen LogP contribution in [0.3, 0.4) is 0 Å². The van der Waals surface area contributed by atoms with Crippen molar-refractivity contribution in [2.75, 3.05) is 13.2 Å². The van der Waals surface area contributed by atoms with E-state index in [1.807, 2.05) is 0 Å². The van der Waals surface area contributed by atoms with Crippen molar-refractivity contribution in [3.05, 3.63) is 29.3 Å². The first-order valence-electron chi connectivity index (χ1n) is 7.94. The van der Waals surface area contributed by atoms with E-state index in [2.05, 4.69) is 15.8 Å². The maximum absolute atomic E-state index is 13.4. The van der Waals surface area contributed by atoms with Gasteiger partial charge in [0, 0.05) is 12.2 Å². The first-order valence-corrected chi connectivity index (χ1v) is 7.94. The number of halogens is 3. The highest BCUT2D eigenvalue weighted by atomic mass is 19.4. The van der Waals surface area contributed by atoms with Crippen LogP contribution < -0.4 is 15.5 Å². The van der Waals surface area contributed by atoms with E-state index in [4.69, 9.17) is 9.47 Å². The molecule has 6 nitrogen and oxygen atoms in total. The highest BCUT2D eigenvalue weighted by Gasteiger charge is 2.36. The van der Waals surface area contributed by atoms with Crippen LogP contribution in [0, 0.1) is 0 Å². The molecule has 2 N–H and O–H groups in total. The first-order chi connectivity index (χ1) is 11.8. The van der Waals surface area contributed by atoms with Crippen molar-refractivity contribution in [2.24, 2.45) is 5.10 Å². The first kappa shape index (κ1) is 17.5. The molecule has 0 saturated carbocycles. The van der Waals surface area contributed by atoms with Crippen LogP contribution in [0.1, 0.15) is 30.9 Å². The highest BCUT2D eigenvalue weighted by molar-refractivity contribution is 6.07. The number of carbonyl (C=O) groups is 1. The minimum atomic E-state index is -4.57. The Morgan fingerprint density at radius 1 is 1.40 bits per heavy atom. The number of alkyl halides is 3. The van der Waals surface area contributed by atoms with Gasteiger partial charge in [-0.05, 0) is 38.0 Å². The third-order valence-corrected chi connectivity index (χ3v) is 4.07. The summed E-state index contributed by atoms with van der Waals surface area (Å²) >= 11 is 0. The highest BCUT2D eigenvalue weighted by Crippen LogP contribution is 2.37. The number of carbonyl (C=O) groups excluding carboxylic acids is 1. The molecule has 25 heavy (non-hydrogen) atoms. The average Bonchev–Trinajstić information content (AvgIpc) is 3.05. The molecule has 2 amide bonds. The van der Waals surface area contributed by atoms with Gasteiger partial charge in [0.25, 0.3) is 0 Å². The Morgan fingerprint density at radius 2 is 2.20 bits per heavy atom. The van der Waals surface area contributed by atoms with Crippen molar-refractivity contribution in [3.8, 4) is 5.75 Å². The molecule has 2 aliphatic rings. The number of rotatable bonds is 4. The fourth-order valence-corrected chi connectivity index (χ4v) is 2.81. The Labute approximate surface area is 142 Å². The van der Waals surface area contributed by atoms with E-state index in [1.54, 1.807) is 6.92 Å². The lowest BCUT2D eigenvalue weighted by Crippen LogP contribution is -2.48. The van der Waals surface area contributed by atoms with E-state index >= 15 is 0 Å². The predicted octanol–water partition coefficient (Wildman–Crippen LogP) is 2.67. The number of nitrogens with one attached hydrogen (secondary N) is 2. The zero-order valence-corrected chi connectivity index (χ0v) is 13.5. The van der Waals surface area contributed by atoms with Crippen LogP contribution in [0.2, 0.25) is 0 Å². The summed E-state index contributed by atoms with van der Waals surface area (Å²) in [5.41, 5.74) is 1.90. The number of urea groups is 1. The monoisotopic (exact) mass is 357 g/mol. The van der Waals surface area contributed by atoms with Crippen LogP contribution in [0.25, 0.3) is 0 Å². The number of amides is 2. The minimum absolute atomic E-state index is 0.0807. The molecule has 0 bridgehead atoms. The molecular weight excluding hydrogens is 339 g/mol. The fraction of sp³-hybridized carbons (Fsp3) is 0.500. The molecule has 1 fully saturated rings. The molecule has 1 saturated heterocycles. The van der Waals surface area contributed by atoms with E-state index in [-0.39, 0.29) is 24.0 Å². The molecule has 2 aliphatic heterocycles. The van der Waals surface area contributed by atoms with Gasteiger partial charge in [0.2, 0.25) is 0 Å². The van der Waals surface area contributed by atoms with E-state index in [9.17, 15) is 18.0 Å². The second kappa shape index (κ2) is 6.91. The van der Waals surface area contributed by atoms with Gasteiger partial charge in [0.05, 0.1) is 23.4 Å². The molecule has 9 heteroatoms. The Hall–Kier alpha value is -2.29. The molecule has 1 aromatic carbocycles. The lowest BCUT2D eigenvalue weighted by molar-refractivity contribution is -0.139. The average molecular weight is 357 g/mol. The standard InChI is InChI=1S/C16H18F3N3O3/c1-9-14(21-22-15(23)20-9)10-4-5-13(12(7-10)16(17,18)19)25-8-11-3-2-6-24-11/h4-5,7,9,11H,2-3,6,8H2,1H3,(H2,20,22,23)/t9-,11-/m0/s1. The number of hydrogen-bond donors (Lipinski definition) is 2. The summed E-state index contributed by atoms with van der Waals surface area (Å²) in [5.74, 6) is -0.243. The lowest BCUT2D eigenvalue weighted by atomic mass is 10.0. The summed E-state index contributed by atoms with van der Waals surface area (Å²) in [5, 5.41) is 6.40. The van der Waals surface area contributed by atoms with Crippen LogP contribution in [-0.4, -0.2) is 37.1 Å². The van der Waals surface area contributed by atoms with Crippen molar-refractivity contribution in [1.29, 1.82) is 0 Å². The Kier molecular flexibility index (Phi) is 4.85. The van der Waals surface area contributed by atoms with Crippen LogP contribution >= 0.6 is 0 Å².